The average molecular weight is 424 g/mol. The van der Waals surface area contributed by atoms with Crippen molar-refractivity contribution in [2.24, 2.45) is 24.8 Å². The van der Waals surface area contributed by atoms with Crippen molar-refractivity contribution in [3.63, 3.8) is 0 Å². The van der Waals surface area contributed by atoms with E-state index in [2.05, 4.69) is 28.6 Å². The van der Waals surface area contributed by atoms with Crippen molar-refractivity contribution < 1.29 is 9.53 Å². The van der Waals surface area contributed by atoms with E-state index in [4.69, 9.17) is 4.74 Å². The van der Waals surface area contributed by atoms with Crippen molar-refractivity contribution in [3.8, 4) is 11.3 Å². The Morgan fingerprint density at radius 1 is 1.20 bits per heavy atom. The number of amides is 1. The van der Waals surface area contributed by atoms with Crippen LogP contribution in [-0.2, 0) is 17.5 Å². The maximum absolute atomic E-state index is 12.9. The van der Waals surface area contributed by atoms with E-state index in [1.54, 1.807) is 11.8 Å². The number of nitrogens with one attached hydrogen (secondary N) is 1. The third-order valence-electron chi connectivity index (χ3n) is 7.65. The van der Waals surface area contributed by atoms with Crippen LogP contribution in [0, 0.1) is 17.8 Å². The number of ether oxygens (including phenoxy) is 1. The lowest BCUT2D eigenvalue weighted by molar-refractivity contribution is -0.161. The molecule has 0 atom stereocenters. The van der Waals surface area contributed by atoms with Crippen molar-refractivity contribution in [1.29, 1.82) is 0 Å². The molecule has 1 amide bonds. The minimum absolute atomic E-state index is 0.0825. The number of aromatic nitrogens is 2. The molecular weight excluding hydrogens is 394 g/mol. The fourth-order valence-electron chi connectivity index (χ4n) is 6.89. The molecule has 7 rings (SSSR count). The van der Waals surface area contributed by atoms with Gasteiger partial charge >= 0.3 is 0 Å². The number of nitrogens with zero attached hydrogens (tertiary/aromatic N) is 2. The number of benzene rings is 1. The monoisotopic (exact) mass is 423 g/mol. The zero-order chi connectivity index (χ0) is 20.3. The Morgan fingerprint density at radius 2 is 1.90 bits per heavy atom. The number of carbonyl (C=O) groups excluding carboxylic acids is 1. The molecule has 158 valence electrons. The largest absolute Gasteiger partial charge is 0.373 e. The van der Waals surface area contributed by atoms with Gasteiger partial charge in [-0.1, -0.05) is 18.2 Å². The van der Waals surface area contributed by atoms with Crippen LogP contribution in [0.1, 0.15) is 54.6 Å². The summed E-state index contributed by atoms with van der Waals surface area (Å²) in [5.74, 6) is 3.34. The van der Waals surface area contributed by atoms with Crippen molar-refractivity contribution in [2.45, 2.75) is 54.8 Å². The first-order valence-corrected chi connectivity index (χ1v) is 12.3. The number of thioether (sulfide) groups is 1. The summed E-state index contributed by atoms with van der Waals surface area (Å²) in [7, 11) is 1.93. The van der Waals surface area contributed by atoms with Gasteiger partial charge in [0.25, 0.3) is 5.91 Å². The molecule has 4 fully saturated rings. The Balaban J connectivity index is 1.11. The highest BCUT2D eigenvalue weighted by molar-refractivity contribution is 7.98. The van der Waals surface area contributed by atoms with Crippen LogP contribution in [0.2, 0.25) is 0 Å². The number of hydrogen-bond donors (Lipinski definition) is 1. The van der Waals surface area contributed by atoms with Crippen LogP contribution in [-0.4, -0.2) is 34.4 Å². The Bertz CT molecular complexity index is 963. The molecule has 1 aliphatic heterocycles. The molecule has 6 heteroatoms. The van der Waals surface area contributed by atoms with Crippen LogP contribution < -0.4 is 5.32 Å². The average Bonchev–Trinajstić information content (AvgIpc) is 3.07. The van der Waals surface area contributed by atoms with E-state index in [1.807, 2.05) is 17.8 Å². The van der Waals surface area contributed by atoms with E-state index in [9.17, 15) is 4.79 Å². The smallest absolute Gasteiger partial charge is 0.272 e. The van der Waals surface area contributed by atoms with Crippen LogP contribution in [0.3, 0.4) is 0 Å². The molecule has 4 aliphatic carbocycles. The lowest BCUT2D eigenvalue weighted by Gasteiger charge is -2.56. The highest BCUT2D eigenvalue weighted by atomic mass is 32.2. The van der Waals surface area contributed by atoms with Gasteiger partial charge in [-0.15, -0.1) is 11.8 Å². The molecule has 1 aromatic heterocycles. The molecule has 0 radical (unpaired) electrons. The van der Waals surface area contributed by atoms with E-state index in [0.717, 1.165) is 34.8 Å². The first-order valence-electron chi connectivity index (χ1n) is 11.3. The van der Waals surface area contributed by atoms with Gasteiger partial charge in [0.1, 0.15) is 0 Å². The summed E-state index contributed by atoms with van der Waals surface area (Å²) >= 11 is 1.78. The van der Waals surface area contributed by atoms with Gasteiger partial charge in [-0.3, -0.25) is 9.48 Å². The molecule has 0 spiro atoms. The Kier molecular flexibility index (Phi) is 4.50. The topological polar surface area (TPSA) is 56.2 Å². The highest BCUT2D eigenvalue weighted by Gasteiger charge is 2.51. The van der Waals surface area contributed by atoms with E-state index >= 15 is 0 Å². The normalized spacial score (nSPS) is 30.8. The van der Waals surface area contributed by atoms with Gasteiger partial charge in [0.2, 0.25) is 0 Å². The molecule has 1 aromatic carbocycles. The lowest BCUT2D eigenvalue weighted by atomic mass is 9.54. The van der Waals surface area contributed by atoms with Crippen LogP contribution in [0.4, 0.5) is 0 Å². The van der Waals surface area contributed by atoms with Gasteiger partial charge in [-0.2, -0.15) is 5.10 Å². The van der Waals surface area contributed by atoms with Gasteiger partial charge in [-0.25, -0.2) is 0 Å². The summed E-state index contributed by atoms with van der Waals surface area (Å²) in [6.45, 7) is 1.15. The highest BCUT2D eigenvalue weighted by Crippen LogP contribution is 2.57. The SMILES string of the molecule is Cn1nc(C(=O)NCCOC23CC4CC(CC(C4)C2)C3)c2c1-c1ccccc1SC2. The fraction of sp³-hybridized carbons (Fsp3) is 0.583. The fourth-order valence-corrected chi connectivity index (χ4v) is 7.95. The second-order valence-corrected chi connectivity index (χ2v) is 10.8. The van der Waals surface area contributed by atoms with Gasteiger partial charge in [0.15, 0.2) is 5.69 Å². The van der Waals surface area contributed by atoms with E-state index in [0.29, 0.717) is 18.8 Å². The first-order chi connectivity index (χ1) is 14.6. The number of fused-ring (bicyclic) bond motifs is 3. The Hall–Kier alpha value is -1.79. The van der Waals surface area contributed by atoms with Crippen LogP contribution in [0.25, 0.3) is 11.3 Å². The van der Waals surface area contributed by atoms with E-state index < -0.39 is 0 Å². The molecular formula is C24H29N3O2S. The van der Waals surface area contributed by atoms with Crippen molar-refractivity contribution in [3.05, 3.63) is 35.5 Å². The minimum atomic E-state index is -0.0825. The maximum atomic E-state index is 12.9. The summed E-state index contributed by atoms with van der Waals surface area (Å²) in [6.07, 6.45) is 7.97. The molecule has 4 bridgehead atoms. The third kappa shape index (κ3) is 3.11. The predicted molar refractivity (Wildman–Crippen MR) is 117 cm³/mol. The molecule has 0 saturated heterocycles. The van der Waals surface area contributed by atoms with E-state index in [1.165, 1.54) is 49.0 Å². The van der Waals surface area contributed by atoms with Crippen molar-refractivity contribution in [2.75, 3.05) is 13.2 Å². The maximum Gasteiger partial charge on any atom is 0.272 e. The van der Waals surface area contributed by atoms with Crippen LogP contribution in [0.5, 0.6) is 0 Å². The van der Waals surface area contributed by atoms with Gasteiger partial charge in [0, 0.05) is 35.4 Å². The van der Waals surface area contributed by atoms with Gasteiger partial charge in [-0.05, 0) is 62.3 Å². The summed E-state index contributed by atoms with van der Waals surface area (Å²) < 4.78 is 8.30. The van der Waals surface area contributed by atoms with Crippen molar-refractivity contribution >= 4 is 17.7 Å². The summed E-state index contributed by atoms with van der Waals surface area (Å²) in [5.41, 5.74) is 3.94. The molecule has 5 aliphatic rings. The number of carbonyl (C=O) groups is 1. The number of aryl methyl sites for hydroxylation is 1. The second-order valence-electron chi connectivity index (χ2n) is 9.79. The summed E-state index contributed by atoms with van der Waals surface area (Å²) in [6, 6.07) is 8.36. The summed E-state index contributed by atoms with van der Waals surface area (Å²) in [5, 5.41) is 7.64. The van der Waals surface area contributed by atoms with Gasteiger partial charge in [0.05, 0.1) is 17.9 Å². The number of hydrogen-bond acceptors (Lipinski definition) is 4. The van der Waals surface area contributed by atoms with Crippen molar-refractivity contribution in [1.82, 2.24) is 15.1 Å². The molecule has 4 saturated carbocycles. The molecule has 0 unspecified atom stereocenters. The number of rotatable bonds is 5. The Morgan fingerprint density at radius 3 is 2.63 bits per heavy atom. The van der Waals surface area contributed by atoms with Crippen LogP contribution in [0.15, 0.2) is 29.2 Å². The molecule has 1 N–H and O–H groups in total. The Labute approximate surface area is 181 Å². The zero-order valence-corrected chi connectivity index (χ0v) is 18.3. The second kappa shape index (κ2) is 7.13. The van der Waals surface area contributed by atoms with Crippen LogP contribution >= 0.6 is 11.8 Å². The molecule has 30 heavy (non-hydrogen) atoms. The summed E-state index contributed by atoms with van der Waals surface area (Å²) in [4.78, 5) is 14.2. The first kappa shape index (κ1) is 18.9. The molecule has 2 heterocycles. The van der Waals surface area contributed by atoms with E-state index in [-0.39, 0.29) is 11.5 Å². The third-order valence-corrected chi connectivity index (χ3v) is 8.75. The van der Waals surface area contributed by atoms with Gasteiger partial charge < -0.3 is 10.1 Å². The lowest BCUT2D eigenvalue weighted by Crippen LogP contribution is -2.52. The predicted octanol–water partition coefficient (Wildman–Crippen LogP) is 4.41. The molecule has 2 aromatic rings. The minimum Gasteiger partial charge on any atom is -0.373 e. The molecule has 5 nitrogen and oxygen atoms in total. The quantitative estimate of drug-likeness (QED) is 0.724. The standard InChI is InChI=1S/C24H29N3O2S/c1-27-22-18-4-2-3-5-20(18)30-14-19(22)21(26-27)23(28)25-6-7-29-24-11-15-8-16(12-24)10-17(9-15)13-24/h2-5,15-17H,6-14H2,1H3,(H,25,28). The zero-order valence-electron chi connectivity index (χ0n) is 17.5.